The molecule has 1 aromatic rings. The summed E-state index contributed by atoms with van der Waals surface area (Å²) in [6.07, 6.45) is 4.01. The van der Waals surface area contributed by atoms with Gasteiger partial charge in [0, 0.05) is 5.54 Å². The highest BCUT2D eigenvalue weighted by Crippen LogP contribution is 2.31. The number of amides is 1. The molecule has 2 unspecified atom stereocenters. The highest BCUT2D eigenvalue weighted by atomic mass is 16.5. The number of hydrogen-bond acceptors (Lipinski definition) is 3. The summed E-state index contributed by atoms with van der Waals surface area (Å²) in [5, 5.41) is 2.96. The molecular weight excluding hydrogens is 276 g/mol. The predicted molar refractivity (Wildman–Crippen MR) is 89.0 cm³/mol. The number of carbonyl (C=O) groups is 1. The number of nitrogens with two attached hydrogens (primary N) is 1. The summed E-state index contributed by atoms with van der Waals surface area (Å²) in [6.45, 7) is 7.07. The number of benzene rings is 1. The van der Waals surface area contributed by atoms with Crippen molar-refractivity contribution in [3.8, 4) is 5.75 Å². The summed E-state index contributed by atoms with van der Waals surface area (Å²) in [5.41, 5.74) is 8.24. The van der Waals surface area contributed by atoms with Crippen molar-refractivity contribution in [2.24, 2.45) is 11.7 Å². The van der Waals surface area contributed by atoms with Crippen molar-refractivity contribution in [3.05, 3.63) is 29.3 Å². The average Bonchev–Trinajstić information content (AvgIpc) is 2.42. The van der Waals surface area contributed by atoms with Crippen LogP contribution in [-0.2, 0) is 4.79 Å². The Labute approximate surface area is 133 Å². The number of nitrogens with one attached hydrogen (secondary N) is 1. The predicted octanol–water partition coefficient (Wildman–Crippen LogP) is 2.71. The third-order valence-electron chi connectivity index (χ3n) is 4.44. The lowest BCUT2D eigenvalue weighted by Crippen LogP contribution is -2.53. The van der Waals surface area contributed by atoms with E-state index in [1.54, 1.807) is 0 Å². The Morgan fingerprint density at radius 2 is 2.00 bits per heavy atom. The number of hydrogen-bond donors (Lipinski definition) is 2. The smallest absolute Gasteiger partial charge is 0.225 e. The normalized spacial score (nSPS) is 24.8. The van der Waals surface area contributed by atoms with E-state index in [0.717, 1.165) is 31.4 Å². The number of ether oxygens (including phenoxy) is 1. The van der Waals surface area contributed by atoms with Crippen LogP contribution in [0.4, 0.5) is 0 Å². The molecule has 0 radical (unpaired) electrons. The molecule has 1 fully saturated rings. The zero-order valence-electron chi connectivity index (χ0n) is 13.9. The molecule has 0 bridgehead atoms. The molecule has 2 atom stereocenters. The standard InChI is InChI=1S/C18H28N2O2/c1-13-10-14(2)12-15(11-13)22-9-8-20-17(21)16-6-4-5-7-18(16,3)19/h10-12,16H,4-9,19H2,1-3H3,(H,20,21). The minimum Gasteiger partial charge on any atom is -0.492 e. The van der Waals surface area contributed by atoms with Crippen LogP contribution in [0.5, 0.6) is 5.75 Å². The molecule has 1 aliphatic rings. The van der Waals surface area contributed by atoms with Gasteiger partial charge in [0.25, 0.3) is 0 Å². The molecule has 22 heavy (non-hydrogen) atoms. The van der Waals surface area contributed by atoms with E-state index in [0.29, 0.717) is 13.2 Å². The lowest BCUT2D eigenvalue weighted by atomic mass is 9.74. The highest BCUT2D eigenvalue weighted by molar-refractivity contribution is 5.80. The van der Waals surface area contributed by atoms with Gasteiger partial charge in [-0.15, -0.1) is 0 Å². The van der Waals surface area contributed by atoms with Crippen LogP contribution in [0, 0.1) is 19.8 Å². The minimum atomic E-state index is -0.378. The molecule has 0 aliphatic heterocycles. The lowest BCUT2D eigenvalue weighted by Gasteiger charge is -2.37. The van der Waals surface area contributed by atoms with E-state index in [-0.39, 0.29) is 17.4 Å². The Morgan fingerprint density at radius 1 is 1.32 bits per heavy atom. The van der Waals surface area contributed by atoms with E-state index in [1.807, 2.05) is 32.9 Å². The molecule has 122 valence electrons. The van der Waals surface area contributed by atoms with E-state index in [4.69, 9.17) is 10.5 Å². The molecule has 0 saturated heterocycles. The van der Waals surface area contributed by atoms with Crippen LogP contribution in [0.3, 0.4) is 0 Å². The second-order valence-electron chi connectivity index (χ2n) is 6.77. The minimum absolute atomic E-state index is 0.0636. The van der Waals surface area contributed by atoms with Gasteiger partial charge in [-0.05, 0) is 56.9 Å². The van der Waals surface area contributed by atoms with Crippen LogP contribution in [0.15, 0.2) is 18.2 Å². The van der Waals surface area contributed by atoms with Crippen molar-refractivity contribution in [1.29, 1.82) is 0 Å². The third kappa shape index (κ3) is 4.47. The first-order chi connectivity index (χ1) is 10.4. The second kappa shape index (κ2) is 7.14. The Bertz CT molecular complexity index is 506. The van der Waals surface area contributed by atoms with Crippen molar-refractivity contribution in [2.75, 3.05) is 13.2 Å². The van der Waals surface area contributed by atoms with Gasteiger partial charge in [-0.3, -0.25) is 4.79 Å². The number of rotatable bonds is 5. The summed E-state index contributed by atoms with van der Waals surface area (Å²) >= 11 is 0. The summed E-state index contributed by atoms with van der Waals surface area (Å²) < 4.78 is 5.71. The molecule has 3 N–H and O–H groups in total. The SMILES string of the molecule is Cc1cc(C)cc(OCCNC(=O)C2CCCCC2(C)N)c1. The van der Waals surface area contributed by atoms with Crippen molar-refractivity contribution < 1.29 is 9.53 Å². The largest absolute Gasteiger partial charge is 0.492 e. The zero-order valence-corrected chi connectivity index (χ0v) is 13.9. The maximum absolute atomic E-state index is 12.3. The first kappa shape index (κ1) is 16.8. The summed E-state index contributed by atoms with van der Waals surface area (Å²) in [4.78, 5) is 12.3. The molecule has 4 nitrogen and oxygen atoms in total. The monoisotopic (exact) mass is 304 g/mol. The maximum atomic E-state index is 12.3. The fourth-order valence-corrected chi connectivity index (χ4v) is 3.27. The molecule has 4 heteroatoms. The van der Waals surface area contributed by atoms with Gasteiger partial charge in [-0.1, -0.05) is 18.9 Å². The molecule has 1 aromatic carbocycles. The topological polar surface area (TPSA) is 64.3 Å². The molecular formula is C18H28N2O2. The van der Waals surface area contributed by atoms with Crippen LogP contribution in [-0.4, -0.2) is 24.6 Å². The van der Waals surface area contributed by atoms with Gasteiger partial charge in [0.05, 0.1) is 12.5 Å². The molecule has 0 aromatic heterocycles. The molecule has 1 amide bonds. The van der Waals surface area contributed by atoms with Crippen molar-refractivity contribution in [3.63, 3.8) is 0 Å². The van der Waals surface area contributed by atoms with Crippen LogP contribution in [0.25, 0.3) is 0 Å². The van der Waals surface area contributed by atoms with E-state index in [9.17, 15) is 4.79 Å². The number of carbonyl (C=O) groups excluding carboxylic acids is 1. The Kier molecular flexibility index (Phi) is 5.46. The van der Waals surface area contributed by atoms with Crippen molar-refractivity contribution >= 4 is 5.91 Å². The molecule has 2 rings (SSSR count). The van der Waals surface area contributed by atoms with Gasteiger partial charge in [0.2, 0.25) is 5.91 Å². The van der Waals surface area contributed by atoms with E-state index in [1.165, 1.54) is 11.1 Å². The second-order valence-corrected chi connectivity index (χ2v) is 6.77. The van der Waals surface area contributed by atoms with Crippen LogP contribution in [0.2, 0.25) is 0 Å². The fourth-order valence-electron chi connectivity index (χ4n) is 3.27. The van der Waals surface area contributed by atoms with Crippen molar-refractivity contribution in [1.82, 2.24) is 5.32 Å². The summed E-state index contributed by atoms with van der Waals surface area (Å²) in [6, 6.07) is 6.12. The Balaban J connectivity index is 1.77. The maximum Gasteiger partial charge on any atom is 0.225 e. The van der Waals surface area contributed by atoms with Crippen molar-refractivity contribution in [2.45, 2.75) is 52.0 Å². The molecule has 0 heterocycles. The first-order valence-electron chi connectivity index (χ1n) is 8.16. The van der Waals surface area contributed by atoms with Gasteiger partial charge in [0.15, 0.2) is 0 Å². The summed E-state index contributed by atoms with van der Waals surface area (Å²) in [7, 11) is 0. The van der Waals surface area contributed by atoms with Gasteiger partial charge in [-0.2, -0.15) is 0 Å². The molecule has 0 spiro atoms. The van der Waals surface area contributed by atoms with E-state index < -0.39 is 0 Å². The first-order valence-corrected chi connectivity index (χ1v) is 8.16. The fraction of sp³-hybridized carbons (Fsp3) is 0.611. The quantitative estimate of drug-likeness (QED) is 0.822. The average molecular weight is 304 g/mol. The van der Waals surface area contributed by atoms with Gasteiger partial charge in [-0.25, -0.2) is 0 Å². The Hall–Kier alpha value is -1.55. The lowest BCUT2D eigenvalue weighted by molar-refractivity contribution is -0.128. The third-order valence-corrected chi connectivity index (χ3v) is 4.44. The highest BCUT2D eigenvalue weighted by Gasteiger charge is 2.37. The zero-order chi connectivity index (χ0) is 16.2. The van der Waals surface area contributed by atoms with Gasteiger partial charge < -0.3 is 15.8 Å². The van der Waals surface area contributed by atoms with Crippen LogP contribution >= 0.6 is 0 Å². The number of aryl methyl sites for hydroxylation is 2. The van der Waals surface area contributed by atoms with Gasteiger partial charge >= 0.3 is 0 Å². The Morgan fingerprint density at radius 3 is 2.64 bits per heavy atom. The summed E-state index contributed by atoms with van der Waals surface area (Å²) in [5.74, 6) is 0.837. The van der Waals surface area contributed by atoms with Crippen LogP contribution in [0.1, 0.15) is 43.7 Å². The van der Waals surface area contributed by atoms with Gasteiger partial charge in [0.1, 0.15) is 12.4 Å². The van der Waals surface area contributed by atoms with E-state index >= 15 is 0 Å². The van der Waals surface area contributed by atoms with Crippen LogP contribution < -0.4 is 15.8 Å². The molecule has 1 saturated carbocycles. The molecule has 1 aliphatic carbocycles. The van der Waals surface area contributed by atoms with E-state index in [2.05, 4.69) is 11.4 Å².